The van der Waals surface area contributed by atoms with E-state index in [4.69, 9.17) is 13.7 Å². The van der Waals surface area contributed by atoms with Crippen LogP contribution < -0.4 is 0 Å². The minimum atomic E-state index is -0.554. The Hall–Kier alpha value is -2.08. The lowest BCUT2D eigenvalue weighted by Gasteiger charge is -2.32. The maximum atomic E-state index is 9.89. The normalized spacial score (nSPS) is 19.6. The molecule has 0 saturated carbocycles. The van der Waals surface area contributed by atoms with E-state index in [-0.39, 0.29) is 6.61 Å². The van der Waals surface area contributed by atoms with Crippen molar-refractivity contribution in [3.8, 4) is 0 Å². The quantitative estimate of drug-likeness (QED) is 0.702. The van der Waals surface area contributed by atoms with Gasteiger partial charge in [-0.25, -0.2) is 0 Å². The van der Waals surface area contributed by atoms with Gasteiger partial charge in [-0.3, -0.25) is 0 Å². The zero-order valence-corrected chi connectivity index (χ0v) is 15.6. The van der Waals surface area contributed by atoms with Gasteiger partial charge < -0.3 is 18.8 Å². The number of furan rings is 1. The van der Waals surface area contributed by atoms with Gasteiger partial charge >= 0.3 is 7.12 Å². The van der Waals surface area contributed by atoms with Crippen LogP contribution in [0.25, 0.3) is 28.0 Å². The van der Waals surface area contributed by atoms with Gasteiger partial charge in [0, 0.05) is 10.8 Å². The Kier molecular flexibility index (Phi) is 3.99. The van der Waals surface area contributed by atoms with Crippen molar-refractivity contribution in [1.82, 2.24) is 0 Å². The smallest absolute Gasteiger partial charge is 0.456 e. The molecule has 1 N–H and O–H groups in total. The molecule has 0 atom stereocenters. The Balaban J connectivity index is 1.73. The largest absolute Gasteiger partial charge is 0.492 e. The average molecular weight is 350 g/mol. The van der Waals surface area contributed by atoms with Crippen molar-refractivity contribution >= 4 is 35.1 Å². The number of rotatable bonds is 3. The fourth-order valence-corrected chi connectivity index (χ4v) is 3.23. The Labute approximate surface area is 153 Å². The second-order valence-electron chi connectivity index (χ2n) is 7.82. The van der Waals surface area contributed by atoms with Crippen LogP contribution in [0.2, 0.25) is 0 Å². The van der Waals surface area contributed by atoms with Crippen LogP contribution in [0.15, 0.2) is 52.4 Å². The molecule has 2 aromatic carbocycles. The molecule has 134 valence electrons. The third-order valence-corrected chi connectivity index (χ3v) is 5.49. The standard InChI is InChI=1S/C21H23BO4/c1-20(2)21(3,4)26-22(25-20)15(13-23)11-14-9-10-19-17(12-14)16-7-5-6-8-18(16)24-19/h5-12,23H,13H2,1-4H3. The van der Waals surface area contributed by atoms with Gasteiger partial charge in [0.25, 0.3) is 0 Å². The fraction of sp³-hybridized carbons (Fsp3) is 0.333. The van der Waals surface area contributed by atoms with E-state index < -0.39 is 18.3 Å². The highest BCUT2D eigenvalue weighted by molar-refractivity contribution is 6.55. The first-order valence-electron chi connectivity index (χ1n) is 8.89. The maximum Gasteiger partial charge on any atom is 0.492 e. The van der Waals surface area contributed by atoms with Crippen LogP contribution in [-0.4, -0.2) is 30.0 Å². The summed E-state index contributed by atoms with van der Waals surface area (Å²) in [6.07, 6.45) is 1.93. The van der Waals surface area contributed by atoms with E-state index in [0.717, 1.165) is 27.5 Å². The molecule has 1 saturated heterocycles. The van der Waals surface area contributed by atoms with Crippen LogP contribution in [0.5, 0.6) is 0 Å². The van der Waals surface area contributed by atoms with Gasteiger partial charge in [0.05, 0.1) is 17.8 Å². The van der Waals surface area contributed by atoms with Crippen molar-refractivity contribution < 1.29 is 18.8 Å². The van der Waals surface area contributed by atoms with E-state index in [9.17, 15) is 5.11 Å². The third-order valence-electron chi connectivity index (χ3n) is 5.49. The van der Waals surface area contributed by atoms with E-state index in [1.54, 1.807) is 0 Å². The summed E-state index contributed by atoms with van der Waals surface area (Å²) in [7, 11) is -0.554. The lowest BCUT2D eigenvalue weighted by Crippen LogP contribution is -2.41. The van der Waals surface area contributed by atoms with Crippen molar-refractivity contribution in [2.45, 2.75) is 38.9 Å². The highest BCUT2D eigenvalue weighted by Crippen LogP contribution is 2.39. The highest BCUT2D eigenvalue weighted by atomic mass is 16.7. The van der Waals surface area contributed by atoms with E-state index in [0.29, 0.717) is 5.47 Å². The van der Waals surface area contributed by atoms with E-state index in [1.165, 1.54) is 0 Å². The van der Waals surface area contributed by atoms with Gasteiger partial charge in [0.15, 0.2) is 0 Å². The first-order valence-corrected chi connectivity index (χ1v) is 8.89. The van der Waals surface area contributed by atoms with Crippen molar-refractivity contribution in [3.05, 3.63) is 53.5 Å². The Morgan fingerprint density at radius 2 is 1.62 bits per heavy atom. The zero-order valence-electron chi connectivity index (χ0n) is 15.6. The molecule has 2 heterocycles. The maximum absolute atomic E-state index is 9.89. The van der Waals surface area contributed by atoms with Crippen LogP contribution in [0.3, 0.4) is 0 Å². The van der Waals surface area contributed by atoms with Crippen LogP contribution in [0.4, 0.5) is 0 Å². The summed E-state index contributed by atoms with van der Waals surface area (Å²) in [4.78, 5) is 0. The van der Waals surface area contributed by atoms with E-state index in [1.807, 2.05) is 64.1 Å². The molecule has 0 radical (unpaired) electrons. The van der Waals surface area contributed by atoms with Gasteiger partial charge in [-0.05, 0) is 56.9 Å². The minimum absolute atomic E-state index is 0.124. The van der Waals surface area contributed by atoms with Gasteiger partial charge in [-0.1, -0.05) is 30.3 Å². The number of hydrogen-bond acceptors (Lipinski definition) is 4. The van der Waals surface area contributed by atoms with Crippen LogP contribution >= 0.6 is 0 Å². The molecule has 0 aliphatic carbocycles. The van der Waals surface area contributed by atoms with Gasteiger partial charge in [0.1, 0.15) is 11.2 Å². The molecule has 1 fully saturated rings. The summed E-state index contributed by atoms with van der Waals surface area (Å²) in [5, 5.41) is 12.0. The monoisotopic (exact) mass is 350 g/mol. The van der Waals surface area contributed by atoms with Crippen LogP contribution in [0.1, 0.15) is 33.3 Å². The first kappa shape index (κ1) is 17.3. The minimum Gasteiger partial charge on any atom is -0.456 e. The van der Waals surface area contributed by atoms with Gasteiger partial charge in [-0.15, -0.1) is 0 Å². The van der Waals surface area contributed by atoms with Crippen LogP contribution in [0, 0.1) is 0 Å². The number of aliphatic hydroxyl groups is 1. The molecule has 1 aliphatic heterocycles. The number of aliphatic hydroxyl groups excluding tert-OH is 1. The number of hydrogen-bond donors (Lipinski definition) is 1. The number of para-hydroxylation sites is 1. The first-order chi connectivity index (χ1) is 12.3. The van der Waals surface area contributed by atoms with Crippen molar-refractivity contribution in [3.63, 3.8) is 0 Å². The summed E-state index contributed by atoms with van der Waals surface area (Å²) >= 11 is 0. The summed E-state index contributed by atoms with van der Waals surface area (Å²) in [5.74, 6) is 0. The van der Waals surface area contributed by atoms with Crippen molar-refractivity contribution in [2.75, 3.05) is 6.61 Å². The summed E-state index contributed by atoms with van der Waals surface area (Å²) in [6.45, 7) is 7.90. The summed E-state index contributed by atoms with van der Waals surface area (Å²) in [5.41, 5.74) is 2.54. The number of fused-ring (bicyclic) bond motifs is 3. The highest BCUT2D eigenvalue weighted by Gasteiger charge is 2.52. The summed E-state index contributed by atoms with van der Waals surface area (Å²) < 4.78 is 18.0. The molecule has 5 heteroatoms. The Bertz CT molecular complexity index is 984. The lowest BCUT2D eigenvalue weighted by molar-refractivity contribution is 0.00578. The second kappa shape index (κ2) is 5.98. The Morgan fingerprint density at radius 3 is 2.31 bits per heavy atom. The molecule has 3 aromatic rings. The van der Waals surface area contributed by atoms with E-state index >= 15 is 0 Å². The molecule has 4 nitrogen and oxygen atoms in total. The molecule has 0 unspecified atom stereocenters. The molecule has 1 aromatic heterocycles. The zero-order chi connectivity index (χ0) is 18.5. The molecule has 26 heavy (non-hydrogen) atoms. The molecule has 0 bridgehead atoms. The lowest BCUT2D eigenvalue weighted by atomic mass is 9.77. The second-order valence-corrected chi connectivity index (χ2v) is 7.82. The molecular formula is C21H23BO4. The topological polar surface area (TPSA) is 51.8 Å². The molecule has 0 amide bonds. The summed E-state index contributed by atoms with van der Waals surface area (Å²) in [6, 6.07) is 14.0. The molecule has 1 aliphatic rings. The third kappa shape index (κ3) is 2.76. The van der Waals surface area contributed by atoms with Crippen molar-refractivity contribution in [2.24, 2.45) is 0 Å². The molecule has 4 rings (SSSR count). The van der Waals surface area contributed by atoms with Gasteiger partial charge in [-0.2, -0.15) is 0 Å². The predicted molar refractivity (Wildman–Crippen MR) is 105 cm³/mol. The SMILES string of the molecule is CC1(C)OB(C(=Cc2ccc3oc4ccccc4c3c2)CO)OC1(C)C. The molecular weight excluding hydrogens is 327 g/mol. The van der Waals surface area contributed by atoms with Crippen LogP contribution in [-0.2, 0) is 9.31 Å². The van der Waals surface area contributed by atoms with E-state index in [2.05, 4.69) is 12.1 Å². The molecule has 0 spiro atoms. The number of benzene rings is 2. The Morgan fingerprint density at radius 1 is 0.962 bits per heavy atom. The predicted octanol–water partition coefficient (Wildman–Crippen LogP) is 4.59. The average Bonchev–Trinajstić information content (AvgIpc) is 3.06. The van der Waals surface area contributed by atoms with Gasteiger partial charge in [0.2, 0.25) is 0 Å². The van der Waals surface area contributed by atoms with Crippen molar-refractivity contribution in [1.29, 1.82) is 0 Å². The fourth-order valence-electron chi connectivity index (χ4n) is 3.23.